The Kier molecular flexibility index (Phi) is 4.82. The van der Waals surface area contributed by atoms with Gasteiger partial charge in [-0.2, -0.15) is 0 Å². The summed E-state index contributed by atoms with van der Waals surface area (Å²) in [5.41, 5.74) is 5.94. The smallest absolute Gasteiger partial charge is 0.273 e. The number of thiazole rings is 1. The van der Waals surface area contributed by atoms with Gasteiger partial charge in [0.15, 0.2) is 0 Å². The molecule has 1 heterocycles. The van der Waals surface area contributed by atoms with Crippen molar-refractivity contribution in [1.82, 2.24) is 9.88 Å². The van der Waals surface area contributed by atoms with Crippen molar-refractivity contribution in [2.45, 2.75) is 20.3 Å². The Balaban J connectivity index is 2.78. The average molecular weight is 257 g/mol. The standard InChI is InChI=1S/C10H15N3OS2/c1-3-4-13(5-9(11)15)10(14)8-6-16-7(2)12-8/h6H,3-5H2,1-2H3,(H2,11,15). The SMILES string of the molecule is CCCN(CC(N)=S)C(=O)c1csc(C)n1. The Hall–Kier alpha value is -1.01. The predicted octanol–water partition coefficient (Wildman–Crippen LogP) is 1.59. The summed E-state index contributed by atoms with van der Waals surface area (Å²) in [5.74, 6) is -0.0981. The van der Waals surface area contributed by atoms with Gasteiger partial charge in [-0.05, 0) is 13.3 Å². The summed E-state index contributed by atoms with van der Waals surface area (Å²) in [4.78, 5) is 18.2. The van der Waals surface area contributed by atoms with Crippen LogP contribution in [0, 0.1) is 6.92 Å². The van der Waals surface area contributed by atoms with E-state index in [0.717, 1.165) is 11.4 Å². The van der Waals surface area contributed by atoms with E-state index in [4.69, 9.17) is 18.0 Å². The molecule has 0 saturated heterocycles. The molecular formula is C10H15N3OS2. The minimum Gasteiger partial charge on any atom is -0.392 e. The van der Waals surface area contributed by atoms with Gasteiger partial charge >= 0.3 is 0 Å². The Morgan fingerprint density at radius 2 is 2.38 bits per heavy atom. The lowest BCUT2D eigenvalue weighted by atomic mass is 10.3. The molecule has 0 bridgehead atoms. The van der Waals surface area contributed by atoms with Crippen molar-refractivity contribution in [3.05, 3.63) is 16.1 Å². The Labute approximate surface area is 104 Å². The normalized spacial score (nSPS) is 10.1. The predicted molar refractivity (Wildman–Crippen MR) is 69.8 cm³/mol. The molecule has 16 heavy (non-hydrogen) atoms. The third-order valence-corrected chi connectivity index (χ3v) is 2.87. The first kappa shape index (κ1) is 13.1. The second-order valence-electron chi connectivity index (χ2n) is 3.44. The zero-order valence-corrected chi connectivity index (χ0v) is 11.0. The van der Waals surface area contributed by atoms with Crippen LogP contribution in [0.2, 0.25) is 0 Å². The highest BCUT2D eigenvalue weighted by molar-refractivity contribution is 7.80. The summed E-state index contributed by atoms with van der Waals surface area (Å²) in [6.07, 6.45) is 0.872. The largest absolute Gasteiger partial charge is 0.392 e. The number of nitrogens with zero attached hydrogens (tertiary/aromatic N) is 2. The average Bonchev–Trinajstić information content (AvgIpc) is 2.62. The van der Waals surface area contributed by atoms with Gasteiger partial charge < -0.3 is 10.6 Å². The molecule has 88 valence electrons. The first-order valence-electron chi connectivity index (χ1n) is 5.04. The minimum absolute atomic E-state index is 0.0981. The quantitative estimate of drug-likeness (QED) is 0.814. The van der Waals surface area contributed by atoms with E-state index in [1.807, 2.05) is 13.8 Å². The molecule has 0 unspecified atom stereocenters. The van der Waals surface area contributed by atoms with Crippen LogP contribution in [0.15, 0.2) is 5.38 Å². The van der Waals surface area contributed by atoms with Crippen molar-refractivity contribution >= 4 is 34.5 Å². The highest BCUT2D eigenvalue weighted by Crippen LogP contribution is 2.10. The molecular weight excluding hydrogens is 242 g/mol. The second kappa shape index (κ2) is 5.91. The van der Waals surface area contributed by atoms with Gasteiger partial charge in [0, 0.05) is 11.9 Å². The first-order chi connectivity index (χ1) is 7.54. The van der Waals surface area contributed by atoms with Gasteiger partial charge in [0.1, 0.15) is 5.69 Å². The molecule has 1 rings (SSSR count). The van der Waals surface area contributed by atoms with Crippen LogP contribution in [0.1, 0.15) is 28.8 Å². The number of carbonyl (C=O) groups is 1. The Morgan fingerprint density at radius 3 is 2.81 bits per heavy atom. The Morgan fingerprint density at radius 1 is 1.69 bits per heavy atom. The van der Waals surface area contributed by atoms with Crippen molar-refractivity contribution in [1.29, 1.82) is 0 Å². The highest BCUT2D eigenvalue weighted by Gasteiger charge is 2.17. The molecule has 6 heteroatoms. The molecule has 0 spiro atoms. The lowest BCUT2D eigenvalue weighted by molar-refractivity contribution is 0.0775. The van der Waals surface area contributed by atoms with Crippen molar-refractivity contribution in [3.63, 3.8) is 0 Å². The van der Waals surface area contributed by atoms with Crippen molar-refractivity contribution < 1.29 is 4.79 Å². The van der Waals surface area contributed by atoms with Gasteiger partial charge in [-0.25, -0.2) is 4.98 Å². The molecule has 1 aromatic heterocycles. The fourth-order valence-electron chi connectivity index (χ4n) is 1.33. The lowest BCUT2D eigenvalue weighted by Crippen LogP contribution is -2.38. The van der Waals surface area contributed by atoms with Crippen molar-refractivity contribution in [2.24, 2.45) is 5.73 Å². The zero-order chi connectivity index (χ0) is 12.1. The Bertz CT molecular complexity index is 389. The van der Waals surface area contributed by atoms with Crippen LogP contribution < -0.4 is 5.73 Å². The number of rotatable bonds is 5. The van der Waals surface area contributed by atoms with E-state index < -0.39 is 0 Å². The number of aromatic nitrogens is 1. The van der Waals surface area contributed by atoms with Crippen LogP contribution in [0.3, 0.4) is 0 Å². The van der Waals surface area contributed by atoms with E-state index in [9.17, 15) is 4.79 Å². The van der Waals surface area contributed by atoms with Gasteiger partial charge in [-0.3, -0.25) is 4.79 Å². The monoisotopic (exact) mass is 257 g/mol. The van der Waals surface area contributed by atoms with E-state index in [-0.39, 0.29) is 5.91 Å². The van der Waals surface area contributed by atoms with Gasteiger partial charge in [-0.1, -0.05) is 19.1 Å². The molecule has 2 N–H and O–H groups in total. The summed E-state index contributed by atoms with van der Waals surface area (Å²) in [6.45, 7) is 4.84. The number of hydrogen-bond donors (Lipinski definition) is 1. The third kappa shape index (κ3) is 3.53. The third-order valence-electron chi connectivity index (χ3n) is 1.97. The second-order valence-corrected chi connectivity index (χ2v) is 5.03. The maximum absolute atomic E-state index is 12.0. The van der Waals surface area contributed by atoms with Crippen LogP contribution >= 0.6 is 23.6 Å². The summed E-state index contributed by atoms with van der Waals surface area (Å²) < 4.78 is 0. The first-order valence-corrected chi connectivity index (χ1v) is 6.33. The van der Waals surface area contributed by atoms with E-state index in [1.54, 1.807) is 10.3 Å². The van der Waals surface area contributed by atoms with E-state index in [2.05, 4.69) is 4.98 Å². The van der Waals surface area contributed by atoms with Gasteiger partial charge in [0.05, 0.1) is 16.5 Å². The van der Waals surface area contributed by atoms with Crippen LogP contribution in [0.4, 0.5) is 0 Å². The molecule has 0 radical (unpaired) electrons. The molecule has 0 atom stereocenters. The molecule has 0 aromatic carbocycles. The topological polar surface area (TPSA) is 59.2 Å². The number of amides is 1. The fraction of sp³-hybridized carbons (Fsp3) is 0.500. The molecule has 1 aromatic rings. The number of nitrogens with two attached hydrogens (primary N) is 1. The molecule has 0 aliphatic carbocycles. The van der Waals surface area contributed by atoms with Crippen molar-refractivity contribution in [2.75, 3.05) is 13.1 Å². The van der Waals surface area contributed by atoms with Gasteiger partial charge in [0.25, 0.3) is 5.91 Å². The molecule has 0 aliphatic rings. The van der Waals surface area contributed by atoms with Crippen LogP contribution in [0.5, 0.6) is 0 Å². The molecule has 0 fully saturated rings. The zero-order valence-electron chi connectivity index (χ0n) is 9.40. The molecule has 0 aliphatic heterocycles. The fourth-order valence-corrected chi connectivity index (χ4v) is 2.08. The van der Waals surface area contributed by atoms with E-state index in [0.29, 0.717) is 23.8 Å². The van der Waals surface area contributed by atoms with Crippen molar-refractivity contribution in [3.8, 4) is 0 Å². The van der Waals surface area contributed by atoms with Crippen LogP contribution in [0.25, 0.3) is 0 Å². The maximum atomic E-state index is 12.0. The number of aryl methyl sites for hydroxylation is 1. The number of thiocarbonyl (C=S) groups is 1. The van der Waals surface area contributed by atoms with Gasteiger partial charge in [-0.15, -0.1) is 11.3 Å². The number of hydrogen-bond acceptors (Lipinski definition) is 4. The van der Waals surface area contributed by atoms with Crippen LogP contribution in [-0.2, 0) is 0 Å². The van der Waals surface area contributed by atoms with Gasteiger partial charge in [0.2, 0.25) is 0 Å². The minimum atomic E-state index is -0.0981. The highest BCUT2D eigenvalue weighted by atomic mass is 32.1. The van der Waals surface area contributed by atoms with E-state index >= 15 is 0 Å². The lowest BCUT2D eigenvalue weighted by Gasteiger charge is -2.20. The summed E-state index contributed by atoms with van der Waals surface area (Å²) >= 11 is 6.29. The van der Waals surface area contributed by atoms with Crippen LogP contribution in [-0.4, -0.2) is 33.9 Å². The maximum Gasteiger partial charge on any atom is 0.273 e. The molecule has 1 amide bonds. The molecule has 0 saturated carbocycles. The molecule has 4 nitrogen and oxygen atoms in total. The summed E-state index contributed by atoms with van der Waals surface area (Å²) in [5, 5.41) is 2.65. The number of carbonyl (C=O) groups excluding carboxylic acids is 1. The summed E-state index contributed by atoms with van der Waals surface area (Å²) in [6, 6.07) is 0. The summed E-state index contributed by atoms with van der Waals surface area (Å²) in [7, 11) is 0. The van der Waals surface area contributed by atoms with E-state index in [1.165, 1.54) is 11.3 Å².